The van der Waals surface area contributed by atoms with Gasteiger partial charge in [0.1, 0.15) is 0 Å². The van der Waals surface area contributed by atoms with E-state index >= 15 is 0 Å². The van der Waals surface area contributed by atoms with E-state index in [0.29, 0.717) is 6.04 Å². The Labute approximate surface area is 96.8 Å². The van der Waals surface area contributed by atoms with Crippen LogP contribution in [-0.2, 0) is 0 Å². The van der Waals surface area contributed by atoms with Crippen molar-refractivity contribution in [2.24, 2.45) is 5.92 Å². The molecule has 0 heterocycles. The number of hydrogen-bond acceptors (Lipinski definition) is 1. The van der Waals surface area contributed by atoms with Gasteiger partial charge in [-0.2, -0.15) is 0 Å². The predicted octanol–water partition coefficient (Wildman–Crippen LogP) is 4.33. The Hall–Kier alpha value is -0.690. The van der Waals surface area contributed by atoms with E-state index in [9.17, 15) is 0 Å². The molecule has 1 nitrogen and oxygen atoms in total. The number of anilines is 1. The van der Waals surface area contributed by atoms with E-state index < -0.39 is 0 Å². The first-order valence-corrected chi connectivity index (χ1v) is 6.18. The third-order valence-electron chi connectivity index (χ3n) is 3.33. The highest BCUT2D eigenvalue weighted by Gasteiger charge is 2.22. The van der Waals surface area contributed by atoms with Crippen LogP contribution in [-0.4, -0.2) is 6.04 Å². The van der Waals surface area contributed by atoms with Gasteiger partial charge >= 0.3 is 0 Å². The molecule has 2 heteroatoms. The van der Waals surface area contributed by atoms with Crippen molar-refractivity contribution in [1.82, 2.24) is 0 Å². The highest BCUT2D eigenvalue weighted by Crippen LogP contribution is 2.30. The van der Waals surface area contributed by atoms with Crippen molar-refractivity contribution in [3.05, 3.63) is 29.3 Å². The molecular formula is C13H18ClN. The van der Waals surface area contributed by atoms with Crippen molar-refractivity contribution in [2.75, 3.05) is 5.32 Å². The van der Waals surface area contributed by atoms with Crippen LogP contribution in [0.3, 0.4) is 0 Å². The van der Waals surface area contributed by atoms with Gasteiger partial charge in [0.15, 0.2) is 0 Å². The van der Waals surface area contributed by atoms with Crippen molar-refractivity contribution in [3.63, 3.8) is 0 Å². The topological polar surface area (TPSA) is 12.0 Å². The minimum Gasteiger partial charge on any atom is -0.382 e. The largest absolute Gasteiger partial charge is 0.382 e. The van der Waals surface area contributed by atoms with Crippen LogP contribution < -0.4 is 5.32 Å². The molecule has 1 fully saturated rings. The molecule has 1 aliphatic rings. The molecule has 0 saturated heterocycles. The van der Waals surface area contributed by atoms with Crippen LogP contribution in [0.5, 0.6) is 0 Å². The van der Waals surface area contributed by atoms with Gasteiger partial charge in [0.25, 0.3) is 0 Å². The van der Waals surface area contributed by atoms with Gasteiger partial charge < -0.3 is 5.32 Å². The average molecular weight is 224 g/mol. The number of halogens is 1. The predicted molar refractivity (Wildman–Crippen MR) is 66.5 cm³/mol. The lowest BCUT2D eigenvalue weighted by Crippen LogP contribution is -2.15. The van der Waals surface area contributed by atoms with Crippen molar-refractivity contribution in [2.45, 2.75) is 38.6 Å². The zero-order valence-electron chi connectivity index (χ0n) is 9.17. The Morgan fingerprint density at radius 3 is 2.60 bits per heavy atom. The smallest absolute Gasteiger partial charge is 0.0407 e. The maximum absolute atomic E-state index is 5.85. The summed E-state index contributed by atoms with van der Waals surface area (Å²) >= 11 is 5.85. The molecule has 0 aromatic heterocycles. The average Bonchev–Trinajstić information content (AvgIpc) is 2.69. The molecule has 1 aromatic rings. The lowest BCUT2D eigenvalue weighted by molar-refractivity contribution is 0.525. The van der Waals surface area contributed by atoms with Crippen LogP contribution in [0.4, 0.5) is 5.69 Å². The van der Waals surface area contributed by atoms with Crippen LogP contribution in [0.25, 0.3) is 0 Å². The molecule has 0 spiro atoms. The maximum atomic E-state index is 5.85. The highest BCUT2D eigenvalue weighted by atomic mass is 35.5. The Bertz CT molecular complexity index is 307. The second-order valence-electron chi connectivity index (χ2n) is 4.44. The van der Waals surface area contributed by atoms with Crippen molar-refractivity contribution < 1.29 is 0 Å². The van der Waals surface area contributed by atoms with E-state index in [0.717, 1.165) is 10.9 Å². The molecule has 2 atom stereocenters. The lowest BCUT2D eigenvalue weighted by atomic mass is 10.1. The van der Waals surface area contributed by atoms with Gasteiger partial charge in [-0.1, -0.05) is 24.9 Å². The minimum absolute atomic E-state index is 0.663. The van der Waals surface area contributed by atoms with Crippen LogP contribution in [0.2, 0.25) is 5.02 Å². The molecule has 0 amide bonds. The third-order valence-corrected chi connectivity index (χ3v) is 3.59. The van der Waals surface area contributed by atoms with Gasteiger partial charge in [-0.15, -0.1) is 0 Å². The standard InChI is InChI=1S/C13H18ClN/c1-2-10-3-6-13(9-10)15-12-7-4-11(14)5-8-12/h4-5,7-8,10,13,15H,2-3,6,9H2,1H3. The third kappa shape index (κ3) is 2.88. The normalized spacial score (nSPS) is 25.5. The summed E-state index contributed by atoms with van der Waals surface area (Å²) in [5.74, 6) is 0.926. The second kappa shape index (κ2) is 4.89. The van der Waals surface area contributed by atoms with E-state index in [2.05, 4.69) is 24.4 Å². The van der Waals surface area contributed by atoms with Gasteiger partial charge in [-0.3, -0.25) is 0 Å². The molecule has 2 unspecified atom stereocenters. The van der Waals surface area contributed by atoms with Gasteiger partial charge in [0.2, 0.25) is 0 Å². The Balaban J connectivity index is 1.90. The Morgan fingerprint density at radius 1 is 1.27 bits per heavy atom. The zero-order chi connectivity index (χ0) is 10.7. The van der Waals surface area contributed by atoms with Crippen LogP contribution >= 0.6 is 11.6 Å². The first-order valence-electron chi connectivity index (χ1n) is 5.80. The Kier molecular flexibility index (Phi) is 3.53. The summed E-state index contributed by atoms with van der Waals surface area (Å²) in [7, 11) is 0. The zero-order valence-corrected chi connectivity index (χ0v) is 9.93. The molecule has 15 heavy (non-hydrogen) atoms. The molecule has 1 aromatic carbocycles. The van der Waals surface area contributed by atoms with Gasteiger partial charge in [0.05, 0.1) is 0 Å². The summed E-state index contributed by atoms with van der Waals surface area (Å²) in [6.07, 6.45) is 5.32. The lowest BCUT2D eigenvalue weighted by Gasteiger charge is -2.14. The summed E-state index contributed by atoms with van der Waals surface area (Å²) < 4.78 is 0. The summed E-state index contributed by atoms with van der Waals surface area (Å²) in [5, 5.41) is 4.38. The fraction of sp³-hybridized carbons (Fsp3) is 0.538. The molecule has 82 valence electrons. The summed E-state index contributed by atoms with van der Waals surface area (Å²) in [5.41, 5.74) is 1.20. The summed E-state index contributed by atoms with van der Waals surface area (Å²) in [4.78, 5) is 0. The molecule has 1 N–H and O–H groups in total. The van der Waals surface area contributed by atoms with Crippen molar-refractivity contribution in [3.8, 4) is 0 Å². The quantitative estimate of drug-likeness (QED) is 0.804. The molecule has 0 bridgehead atoms. The van der Waals surface area contributed by atoms with E-state index in [1.165, 1.54) is 31.4 Å². The number of hydrogen-bond donors (Lipinski definition) is 1. The van der Waals surface area contributed by atoms with Gasteiger partial charge in [0, 0.05) is 16.8 Å². The first-order chi connectivity index (χ1) is 7.28. The molecule has 2 rings (SSSR count). The fourth-order valence-electron chi connectivity index (χ4n) is 2.36. The van der Waals surface area contributed by atoms with Crippen LogP contribution in [0.15, 0.2) is 24.3 Å². The summed E-state index contributed by atoms with van der Waals surface area (Å²) in [6, 6.07) is 8.66. The van der Waals surface area contributed by atoms with E-state index in [1.54, 1.807) is 0 Å². The number of benzene rings is 1. The first kappa shape index (κ1) is 10.8. The molecular weight excluding hydrogens is 206 g/mol. The molecule has 0 radical (unpaired) electrons. The number of nitrogens with one attached hydrogen (secondary N) is 1. The van der Waals surface area contributed by atoms with Crippen LogP contribution in [0, 0.1) is 5.92 Å². The highest BCUT2D eigenvalue weighted by molar-refractivity contribution is 6.30. The maximum Gasteiger partial charge on any atom is 0.0407 e. The SMILES string of the molecule is CCC1CCC(Nc2ccc(Cl)cc2)C1. The van der Waals surface area contributed by atoms with Gasteiger partial charge in [-0.05, 0) is 49.4 Å². The second-order valence-corrected chi connectivity index (χ2v) is 4.87. The van der Waals surface area contributed by atoms with E-state index in [-0.39, 0.29) is 0 Å². The van der Waals surface area contributed by atoms with Crippen molar-refractivity contribution in [1.29, 1.82) is 0 Å². The van der Waals surface area contributed by atoms with Crippen molar-refractivity contribution >= 4 is 17.3 Å². The molecule has 1 saturated carbocycles. The summed E-state index contributed by atoms with van der Waals surface area (Å²) in [6.45, 7) is 2.29. The van der Waals surface area contributed by atoms with Crippen LogP contribution in [0.1, 0.15) is 32.6 Å². The monoisotopic (exact) mass is 223 g/mol. The van der Waals surface area contributed by atoms with E-state index in [1.807, 2.05) is 12.1 Å². The Morgan fingerprint density at radius 2 is 2.00 bits per heavy atom. The molecule has 1 aliphatic carbocycles. The fourth-order valence-corrected chi connectivity index (χ4v) is 2.48. The van der Waals surface area contributed by atoms with Gasteiger partial charge in [-0.25, -0.2) is 0 Å². The minimum atomic E-state index is 0.663. The molecule has 0 aliphatic heterocycles. The number of rotatable bonds is 3. The van der Waals surface area contributed by atoms with E-state index in [4.69, 9.17) is 11.6 Å².